The fraction of sp³-hybridized carbons (Fsp3) is 0.0714. The number of carbonyl (C=O) groups is 1. The van der Waals surface area contributed by atoms with E-state index in [4.69, 9.17) is 4.74 Å². The van der Waals surface area contributed by atoms with E-state index in [-0.39, 0.29) is 12.3 Å². The Morgan fingerprint density at radius 3 is 2.86 bits per heavy atom. The number of pyridine rings is 1. The minimum atomic E-state index is -0.588. The number of fused-ring (bicyclic) bond motifs is 1. The highest BCUT2D eigenvalue weighted by Crippen LogP contribution is 2.08. The van der Waals surface area contributed by atoms with Crippen molar-refractivity contribution < 1.29 is 9.53 Å². The first-order valence-electron chi connectivity index (χ1n) is 6.27. The van der Waals surface area contributed by atoms with Crippen molar-refractivity contribution in [3.8, 4) is 0 Å². The highest BCUT2D eigenvalue weighted by molar-refractivity contribution is 5.84. The van der Waals surface area contributed by atoms with Crippen molar-refractivity contribution in [2.24, 2.45) is 0 Å². The molecule has 0 bridgehead atoms. The predicted molar refractivity (Wildman–Crippen MR) is 76.1 cm³/mol. The van der Waals surface area contributed by atoms with E-state index in [2.05, 4.69) is 15.5 Å². The van der Waals surface area contributed by atoms with Crippen LogP contribution in [0.15, 0.2) is 53.5 Å². The molecule has 0 spiro atoms. The number of nitrogens with zero attached hydrogens (tertiary/aromatic N) is 2. The van der Waals surface area contributed by atoms with Gasteiger partial charge in [-0.05, 0) is 17.7 Å². The second kappa shape index (κ2) is 5.49. The van der Waals surface area contributed by atoms with Crippen LogP contribution in [0.5, 0.6) is 0 Å². The zero-order chi connectivity index (χ0) is 14.7. The first kappa shape index (κ1) is 12.9. The van der Waals surface area contributed by atoms with Crippen molar-refractivity contribution in [1.82, 2.24) is 14.6 Å². The summed E-state index contributed by atoms with van der Waals surface area (Å²) in [6.45, 7) is 0.181. The predicted octanol–water partition coefficient (Wildman–Crippen LogP) is 1.77. The second-order valence-electron chi connectivity index (χ2n) is 4.36. The van der Waals surface area contributed by atoms with E-state index in [0.29, 0.717) is 11.3 Å². The molecule has 2 heterocycles. The van der Waals surface area contributed by atoms with E-state index in [9.17, 15) is 9.59 Å². The number of aromatic amines is 1. The first-order valence-corrected chi connectivity index (χ1v) is 6.27. The number of ether oxygens (including phenoxy) is 1. The summed E-state index contributed by atoms with van der Waals surface area (Å²) in [5.41, 5.74) is 1.45. The molecule has 21 heavy (non-hydrogen) atoms. The number of H-pyrrole nitrogens is 1. The summed E-state index contributed by atoms with van der Waals surface area (Å²) in [6.07, 6.45) is 0.889. The fourth-order valence-corrected chi connectivity index (χ4v) is 1.86. The minimum Gasteiger partial charge on any atom is -0.444 e. The average molecular weight is 284 g/mol. The van der Waals surface area contributed by atoms with Gasteiger partial charge in [-0.25, -0.2) is 19.1 Å². The maximum atomic E-state index is 11.7. The SMILES string of the molecule is O=C(Nc1ccc2n[nH]c(=O)n2c1)OCc1ccccc1. The number of hydrogen-bond donors (Lipinski definition) is 2. The summed E-state index contributed by atoms with van der Waals surface area (Å²) in [7, 11) is 0. The molecule has 7 nitrogen and oxygen atoms in total. The smallest absolute Gasteiger partial charge is 0.412 e. The summed E-state index contributed by atoms with van der Waals surface area (Å²) < 4.78 is 6.39. The van der Waals surface area contributed by atoms with Crippen LogP contribution in [0.2, 0.25) is 0 Å². The van der Waals surface area contributed by atoms with Crippen LogP contribution < -0.4 is 11.0 Å². The molecule has 7 heteroatoms. The van der Waals surface area contributed by atoms with Gasteiger partial charge < -0.3 is 4.74 Å². The summed E-state index contributed by atoms with van der Waals surface area (Å²) in [5, 5.41) is 8.67. The number of benzene rings is 1. The number of aromatic nitrogens is 3. The average Bonchev–Trinajstić information content (AvgIpc) is 2.87. The van der Waals surface area contributed by atoms with Crippen molar-refractivity contribution in [3.05, 3.63) is 64.7 Å². The quantitative estimate of drug-likeness (QED) is 0.767. The van der Waals surface area contributed by atoms with E-state index in [0.717, 1.165) is 5.56 Å². The van der Waals surface area contributed by atoms with Crippen LogP contribution in [-0.2, 0) is 11.3 Å². The molecule has 0 saturated heterocycles. The lowest BCUT2D eigenvalue weighted by molar-refractivity contribution is 0.155. The molecule has 0 unspecified atom stereocenters. The van der Waals surface area contributed by atoms with Gasteiger partial charge >= 0.3 is 11.8 Å². The van der Waals surface area contributed by atoms with Gasteiger partial charge in [0.2, 0.25) is 0 Å². The van der Waals surface area contributed by atoms with Gasteiger partial charge in [0, 0.05) is 6.20 Å². The van der Waals surface area contributed by atoms with E-state index >= 15 is 0 Å². The van der Waals surface area contributed by atoms with Gasteiger partial charge in [-0.1, -0.05) is 30.3 Å². The van der Waals surface area contributed by atoms with Crippen LogP contribution in [-0.4, -0.2) is 20.7 Å². The number of nitrogens with one attached hydrogen (secondary N) is 2. The molecule has 0 fully saturated rings. The first-order chi connectivity index (χ1) is 10.2. The lowest BCUT2D eigenvalue weighted by Gasteiger charge is -2.07. The Kier molecular flexibility index (Phi) is 3.38. The van der Waals surface area contributed by atoms with Gasteiger partial charge in [-0.15, -0.1) is 0 Å². The Bertz CT molecular complexity index is 823. The van der Waals surface area contributed by atoms with Gasteiger partial charge in [0.15, 0.2) is 5.65 Å². The number of amides is 1. The van der Waals surface area contributed by atoms with Crippen LogP contribution in [0.1, 0.15) is 5.56 Å². The van der Waals surface area contributed by atoms with E-state index in [1.165, 1.54) is 10.6 Å². The van der Waals surface area contributed by atoms with Crippen molar-refractivity contribution in [3.63, 3.8) is 0 Å². The third-order valence-corrected chi connectivity index (χ3v) is 2.87. The largest absolute Gasteiger partial charge is 0.444 e. The highest BCUT2D eigenvalue weighted by Gasteiger charge is 2.06. The van der Waals surface area contributed by atoms with E-state index in [1.807, 2.05) is 30.3 Å². The second-order valence-corrected chi connectivity index (χ2v) is 4.36. The molecule has 1 amide bonds. The molecule has 1 aromatic carbocycles. The zero-order valence-corrected chi connectivity index (χ0v) is 10.9. The molecule has 106 valence electrons. The lowest BCUT2D eigenvalue weighted by Crippen LogP contribution is -2.15. The normalized spacial score (nSPS) is 10.5. The molecule has 0 radical (unpaired) electrons. The standard InChI is InChI=1S/C14H12N4O3/c19-13-17-16-12-7-6-11(8-18(12)13)15-14(20)21-9-10-4-2-1-3-5-10/h1-8H,9H2,(H,15,20)(H,17,19). The van der Waals surface area contributed by atoms with Gasteiger partial charge in [-0.3, -0.25) is 5.32 Å². The van der Waals surface area contributed by atoms with Crippen LogP contribution in [0.3, 0.4) is 0 Å². The third-order valence-electron chi connectivity index (χ3n) is 2.87. The van der Waals surface area contributed by atoms with Crippen LogP contribution in [0.4, 0.5) is 10.5 Å². The number of anilines is 1. The van der Waals surface area contributed by atoms with Crippen molar-refractivity contribution in [2.75, 3.05) is 5.32 Å². The van der Waals surface area contributed by atoms with Gasteiger partial charge in [-0.2, -0.15) is 5.10 Å². The minimum absolute atomic E-state index is 0.181. The maximum Gasteiger partial charge on any atom is 0.412 e. The van der Waals surface area contributed by atoms with Crippen molar-refractivity contribution in [2.45, 2.75) is 6.61 Å². The Morgan fingerprint density at radius 1 is 1.24 bits per heavy atom. The highest BCUT2D eigenvalue weighted by atomic mass is 16.5. The molecule has 0 aliphatic rings. The van der Waals surface area contributed by atoms with Crippen molar-refractivity contribution >= 4 is 17.4 Å². The molecule has 3 aromatic rings. The van der Waals surface area contributed by atoms with Gasteiger partial charge in [0.1, 0.15) is 6.61 Å². The molecule has 0 saturated carbocycles. The Labute approximate surface area is 119 Å². The Hall–Kier alpha value is -3.09. The molecule has 0 aliphatic heterocycles. The lowest BCUT2D eigenvalue weighted by atomic mass is 10.2. The number of hydrogen-bond acceptors (Lipinski definition) is 4. The van der Waals surface area contributed by atoms with Crippen LogP contribution in [0, 0.1) is 0 Å². The fourth-order valence-electron chi connectivity index (χ4n) is 1.86. The summed E-state index contributed by atoms with van der Waals surface area (Å²) >= 11 is 0. The Morgan fingerprint density at radius 2 is 2.05 bits per heavy atom. The summed E-state index contributed by atoms with van der Waals surface area (Å²) in [6, 6.07) is 12.6. The molecule has 0 aliphatic carbocycles. The van der Waals surface area contributed by atoms with Gasteiger partial charge in [0.05, 0.1) is 5.69 Å². The summed E-state index contributed by atoms with van der Waals surface area (Å²) in [4.78, 5) is 23.1. The molecular weight excluding hydrogens is 272 g/mol. The molecule has 3 rings (SSSR count). The van der Waals surface area contributed by atoms with E-state index in [1.54, 1.807) is 12.1 Å². The van der Waals surface area contributed by atoms with E-state index < -0.39 is 6.09 Å². The third kappa shape index (κ3) is 2.92. The summed E-state index contributed by atoms with van der Waals surface area (Å²) in [5.74, 6) is 0. The molecule has 2 aromatic heterocycles. The van der Waals surface area contributed by atoms with Crippen LogP contribution >= 0.6 is 0 Å². The zero-order valence-electron chi connectivity index (χ0n) is 10.9. The Balaban J connectivity index is 1.66. The molecule has 0 atom stereocenters. The number of rotatable bonds is 3. The molecule has 2 N–H and O–H groups in total. The van der Waals surface area contributed by atoms with Gasteiger partial charge in [0.25, 0.3) is 0 Å². The monoisotopic (exact) mass is 284 g/mol. The van der Waals surface area contributed by atoms with Crippen molar-refractivity contribution in [1.29, 1.82) is 0 Å². The number of carbonyl (C=O) groups excluding carboxylic acids is 1. The molecular formula is C14H12N4O3. The van der Waals surface area contributed by atoms with Crippen LogP contribution in [0.25, 0.3) is 5.65 Å². The maximum absolute atomic E-state index is 11.7. The topological polar surface area (TPSA) is 88.5 Å².